The lowest BCUT2D eigenvalue weighted by Gasteiger charge is -2.12. The molecule has 1 N–H and O–H groups in total. The van der Waals surface area contributed by atoms with Crippen LogP contribution in [-0.2, 0) is 11.3 Å². The lowest BCUT2D eigenvalue weighted by atomic mass is 10.2. The summed E-state index contributed by atoms with van der Waals surface area (Å²) < 4.78 is 6.08. The van der Waals surface area contributed by atoms with E-state index < -0.39 is 11.5 Å². The molecule has 0 aliphatic carbocycles. The van der Waals surface area contributed by atoms with Gasteiger partial charge in [0.1, 0.15) is 17.3 Å². The van der Waals surface area contributed by atoms with Crippen molar-refractivity contribution < 1.29 is 9.53 Å². The molecule has 2 aromatic rings. The van der Waals surface area contributed by atoms with E-state index in [4.69, 9.17) is 39.5 Å². The molecule has 9 heteroatoms. The molecule has 1 heterocycles. The quantitative estimate of drug-likeness (QED) is 0.889. The fourth-order valence-electron chi connectivity index (χ4n) is 1.81. The molecule has 0 fully saturated rings. The molecule has 0 spiro atoms. The van der Waals surface area contributed by atoms with Crippen LogP contribution in [0.25, 0.3) is 0 Å². The Kier molecular flexibility index (Phi) is 5.51. The van der Waals surface area contributed by atoms with E-state index in [0.29, 0.717) is 16.5 Å². The van der Waals surface area contributed by atoms with Crippen LogP contribution in [-0.4, -0.2) is 22.8 Å². The summed E-state index contributed by atoms with van der Waals surface area (Å²) in [6, 6.07) is 3.26. The maximum atomic E-state index is 12.1. The lowest BCUT2D eigenvalue weighted by molar-refractivity contribution is -0.117. The number of rotatable bonds is 4. The van der Waals surface area contributed by atoms with E-state index in [9.17, 15) is 9.59 Å². The Labute approximate surface area is 146 Å². The molecule has 0 atom stereocenters. The molecule has 1 aromatic heterocycles. The van der Waals surface area contributed by atoms with Crippen LogP contribution in [0.5, 0.6) is 5.75 Å². The molecule has 0 saturated carbocycles. The molecule has 23 heavy (non-hydrogen) atoms. The van der Waals surface area contributed by atoms with E-state index in [2.05, 4.69) is 10.4 Å². The number of benzene rings is 1. The van der Waals surface area contributed by atoms with Crippen LogP contribution >= 0.6 is 34.8 Å². The van der Waals surface area contributed by atoms with Crippen molar-refractivity contribution in [3.05, 3.63) is 49.3 Å². The van der Waals surface area contributed by atoms with Gasteiger partial charge in [-0.05, 0) is 18.6 Å². The maximum Gasteiger partial charge on any atom is 0.287 e. The Bertz CT molecular complexity index is 821. The molecular weight excluding hydrogens is 365 g/mol. The van der Waals surface area contributed by atoms with Crippen LogP contribution in [0.2, 0.25) is 15.1 Å². The number of nitrogens with one attached hydrogen (secondary N) is 1. The first-order valence-electron chi connectivity index (χ1n) is 6.38. The van der Waals surface area contributed by atoms with Gasteiger partial charge in [0.15, 0.2) is 0 Å². The molecule has 0 unspecified atom stereocenters. The molecule has 0 aliphatic heterocycles. The topological polar surface area (TPSA) is 73.2 Å². The minimum absolute atomic E-state index is 0.0309. The number of methoxy groups -OCH3 is 1. The molecule has 0 saturated heterocycles. The third kappa shape index (κ3) is 3.96. The first-order valence-corrected chi connectivity index (χ1v) is 7.52. The average molecular weight is 377 g/mol. The summed E-state index contributed by atoms with van der Waals surface area (Å²) in [7, 11) is 1.46. The second kappa shape index (κ2) is 7.21. The summed E-state index contributed by atoms with van der Waals surface area (Å²) in [6.07, 6.45) is 1.20. The highest BCUT2D eigenvalue weighted by molar-refractivity contribution is 6.41. The second-order valence-corrected chi connectivity index (χ2v) is 5.81. The van der Waals surface area contributed by atoms with Gasteiger partial charge in [-0.25, -0.2) is 4.68 Å². The van der Waals surface area contributed by atoms with Crippen molar-refractivity contribution in [1.82, 2.24) is 9.78 Å². The van der Waals surface area contributed by atoms with Gasteiger partial charge < -0.3 is 10.1 Å². The molecule has 0 aliphatic rings. The molecule has 2 rings (SSSR count). The first-order chi connectivity index (χ1) is 10.8. The highest BCUT2D eigenvalue weighted by atomic mass is 35.5. The molecule has 122 valence electrons. The van der Waals surface area contributed by atoms with Gasteiger partial charge in [-0.15, -0.1) is 0 Å². The Hall–Kier alpha value is -1.76. The van der Waals surface area contributed by atoms with Crippen molar-refractivity contribution >= 4 is 46.4 Å². The van der Waals surface area contributed by atoms with E-state index in [-0.39, 0.29) is 16.6 Å². The van der Waals surface area contributed by atoms with Gasteiger partial charge >= 0.3 is 0 Å². The number of anilines is 1. The fraction of sp³-hybridized carbons (Fsp3) is 0.214. The van der Waals surface area contributed by atoms with Crippen LogP contribution < -0.4 is 15.6 Å². The Morgan fingerprint density at radius 1 is 1.30 bits per heavy atom. The number of ether oxygens (including phenoxy) is 1. The summed E-state index contributed by atoms with van der Waals surface area (Å²) in [5.74, 6) is -0.0681. The number of nitrogens with zero attached hydrogens (tertiary/aromatic N) is 2. The number of aryl methyl sites for hydroxylation is 1. The van der Waals surface area contributed by atoms with Crippen molar-refractivity contribution in [2.75, 3.05) is 12.4 Å². The third-order valence-corrected chi connectivity index (χ3v) is 4.15. The fourth-order valence-corrected chi connectivity index (χ4v) is 2.24. The van der Waals surface area contributed by atoms with Crippen molar-refractivity contribution in [3.63, 3.8) is 0 Å². The van der Waals surface area contributed by atoms with Crippen LogP contribution in [0, 0.1) is 6.92 Å². The zero-order valence-electron chi connectivity index (χ0n) is 12.2. The van der Waals surface area contributed by atoms with Gasteiger partial charge in [-0.2, -0.15) is 5.10 Å². The lowest BCUT2D eigenvalue weighted by Crippen LogP contribution is -2.30. The maximum absolute atomic E-state index is 12.1. The van der Waals surface area contributed by atoms with Gasteiger partial charge in [0.05, 0.1) is 24.0 Å². The highest BCUT2D eigenvalue weighted by Gasteiger charge is 2.14. The average Bonchev–Trinajstić information content (AvgIpc) is 2.51. The zero-order chi connectivity index (χ0) is 17.1. The Morgan fingerprint density at radius 3 is 2.65 bits per heavy atom. The van der Waals surface area contributed by atoms with Crippen LogP contribution in [0.3, 0.4) is 0 Å². The number of halogens is 3. The van der Waals surface area contributed by atoms with E-state index in [0.717, 1.165) is 10.2 Å². The zero-order valence-corrected chi connectivity index (χ0v) is 14.5. The van der Waals surface area contributed by atoms with E-state index in [1.165, 1.54) is 13.3 Å². The molecule has 6 nitrogen and oxygen atoms in total. The van der Waals surface area contributed by atoms with Crippen molar-refractivity contribution in [3.8, 4) is 5.75 Å². The van der Waals surface area contributed by atoms with Crippen LogP contribution in [0.4, 0.5) is 5.69 Å². The summed E-state index contributed by atoms with van der Waals surface area (Å²) in [4.78, 5) is 24.0. The largest absolute Gasteiger partial charge is 0.495 e. The molecule has 0 bridgehead atoms. The second-order valence-electron chi connectivity index (χ2n) is 4.62. The SMILES string of the molecule is COc1cc(Cl)c(C)cc1NC(=O)Cn1ncc(Cl)c(Cl)c1=O. The van der Waals surface area contributed by atoms with E-state index in [1.807, 2.05) is 0 Å². The highest BCUT2D eigenvalue weighted by Crippen LogP contribution is 2.30. The van der Waals surface area contributed by atoms with Gasteiger partial charge in [0.25, 0.3) is 5.56 Å². The number of carbonyl (C=O) groups is 1. The summed E-state index contributed by atoms with van der Waals surface area (Å²) in [6.45, 7) is 1.48. The predicted molar refractivity (Wildman–Crippen MR) is 89.9 cm³/mol. The van der Waals surface area contributed by atoms with Crippen LogP contribution in [0.1, 0.15) is 5.56 Å². The van der Waals surface area contributed by atoms with Gasteiger partial charge in [0.2, 0.25) is 5.91 Å². The summed E-state index contributed by atoms with van der Waals surface area (Å²) >= 11 is 17.4. The van der Waals surface area contributed by atoms with E-state index in [1.54, 1.807) is 19.1 Å². The summed E-state index contributed by atoms with van der Waals surface area (Å²) in [5.41, 5.74) is 0.564. The van der Waals surface area contributed by atoms with Gasteiger partial charge in [-0.1, -0.05) is 34.8 Å². The monoisotopic (exact) mass is 375 g/mol. The Balaban J connectivity index is 2.22. The standard InChI is InChI=1S/C14H12Cl3N3O3/c1-7-3-10(11(23-2)4-8(7)15)19-12(21)6-20-14(22)13(17)9(16)5-18-20/h3-5H,6H2,1-2H3,(H,19,21). The van der Waals surface area contributed by atoms with Crippen molar-refractivity contribution in [2.45, 2.75) is 13.5 Å². The smallest absolute Gasteiger partial charge is 0.287 e. The van der Waals surface area contributed by atoms with E-state index >= 15 is 0 Å². The number of hydrogen-bond acceptors (Lipinski definition) is 4. The number of carbonyl (C=O) groups excluding carboxylic acids is 1. The summed E-state index contributed by atoms with van der Waals surface area (Å²) in [5, 5.41) is 6.77. The molecule has 1 amide bonds. The molecule has 1 aromatic carbocycles. The van der Waals surface area contributed by atoms with Crippen LogP contribution in [0.15, 0.2) is 23.1 Å². The molecule has 0 radical (unpaired) electrons. The third-order valence-electron chi connectivity index (χ3n) is 2.99. The molecular formula is C14H12Cl3N3O3. The minimum atomic E-state index is -0.645. The number of amides is 1. The van der Waals surface area contributed by atoms with Gasteiger partial charge in [-0.3, -0.25) is 9.59 Å². The number of hydrogen-bond donors (Lipinski definition) is 1. The van der Waals surface area contributed by atoms with Gasteiger partial charge in [0, 0.05) is 11.1 Å². The minimum Gasteiger partial charge on any atom is -0.495 e. The van der Waals surface area contributed by atoms with Crippen molar-refractivity contribution in [2.24, 2.45) is 0 Å². The first kappa shape index (κ1) is 17.6. The number of aromatic nitrogens is 2. The normalized spacial score (nSPS) is 10.5. The Morgan fingerprint density at radius 2 is 2.00 bits per heavy atom. The van der Waals surface area contributed by atoms with Crippen molar-refractivity contribution in [1.29, 1.82) is 0 Å². The predicted octanol–water partition coefficient (Wildman–Crippen LogP) is 3.16.